The maximum absolute atomic E-state index is 13.7. The van der Waals surface area contributed by atoms with Crippen molar-refractivity contribution < 1.29 is 9.50 Å². The van der Waals surface area contributed by atoms with Crippen molar-refractivity contribution in [1.82, 2.24) is 4.90 Å². The van der Waals surface area contributed by atoms with Crippen LogP contribution in [-0.2, 0) is 6.54 Å². The molecule has 0 aliphatic heterocycles. The van der Waals surface area contributed by atoms with E-state index in [0.717, 1.165) is 13.1 Å². The molecular formula is C13H19FN2OS. The Morgan fingerprint density at radius 3 is 2.78 bits per heavy atom. The number of nitrogens with two attached hydrogens (primary N) is 1. The van der Waals surface area contributed by atoms with Gasteiger partial charge in [-0.1, -0.05) is 19.1 Å². The Hall–Kier alpha value is -1.04. The van der Waals surface area contributed by atoms with Crippen LogP contribution in [0.3, 0.4) is 0 Å². The van der Waals surface area contributed by atoms with E-state index in [1.54, 1.807) is 12.1 Å². The van der Waals surface area contributed by atoms with Gasteiger partial charge in [0.15, 0.2) is 0 Å². The number of nitrogens with zero attached hydrogens (tertiary/aromatic N) is 1. The third-order valence-corrected chi connectivity index (χ3v) is 3.04. The van der Waals surface area contributed by atoms with Gasteiger partial charge in [-0.2, -0.15) is 0 Å². The molecule has 0 aliphatic carbocycles. The first-order chi connectivity index (χ1) is 8.58. The molecule has 0 aliphatic rings. The van der Waals surface area contributed by atoms with Gasteiger partial charge in [0.25, 0.3) is 0 Å². The molecule has 0 bridgehead atoms. The third kappa shape index (κ3) is 4.33. The van der Waals surface area contributed by atoms with Crippen LogP contribution in [0.15, 0.2) is 18.2 Å². The molecule has 5 heteroatoms. The average molecular weight is 270 g/mol. The summed E-state index contributed by atoms with van der Waals surface area (Å²) in [6, 6.07) is 4.67. The van der Waals surface area contributed by atoms with Crippen LogP contribution in [0.1, 0.15) is 24.5 Å². The zero-order valence-electron chi connectivity index (χ0n) is 10.5. The Bertz CT molecular complexity index is 412. The number of aliphatic hydroxyl groups excluding tert-OH is 1. The molecule has 0 saturated heterocycles. The van der Waals surface area contributed by atoms with Gasteiger partial charge in [-0.15, -0.1) is 0 Å². The van der Waals surface area contributed by atoms with E-state index in [1.807, 2.05) is 6.92 Å². The molecular weight excluding hydrogens is 251 g/mol. The molecule has 1 aromatic carbocycles. The van der Waals surface area contributed by atoms with Crippen LogP contribution >= 0.6 is 12.2 Å². The SMILES string of the molecule is CCN(CCCO)Cc1cc(C(N)=S)ccc1F. The van der Waals surface area contributed by atoms with E-state index in [-0.39, 0.29) is 17.4 Å². The number of halogens is 1. The highest BCUT2D eigenvalue weighted by Gasteiger charge is 2.09. The molecule has 0 unspecified atom stereocenters. The first-order valence-corrected chi connectivity index (χ1v) is 6.40. The summed E-state index contributed by atoms with van der Waals surface area (Å²) in [5.74, 6) is -0.252. The van der Waals surface area contributed by atoms with Crippen molar-refractivity contribution in [3.8, 4) is 0 Å². The first-order valence-electron chi connectivity index (χ1n) is 6.00. The summed E-state index contributed by atoms with van der Waals surface area (Å²) >= 11 is 4.89. The summed E-state index contributed by atoms with van der Waals surface area (Å²) in [4.78, 5) is 2.34. The number of aliphatic hydroxyl groups is 1. The Morgan fingerprint density at radius 1 is 1.50 bits per heavy atom. The second-order valence-electron chi connectivity index (χ2n) is 4.12. The van der Waals surface area contributed by atoms with Gasteiger partial charge in [0.2, 0.25) is 0 Å². The van der Waals surface area contributed by atoms with Crippen molar-refractivity contribution in [3.63, 3.8) is 0 Å². The maximum atomic E-state index is 13.7. The minimum absolute atomic E-state index is 0.145. The van der Waals surface area contributed by atoms with Crippen LogP contribution < -0.4 is 5.73 Å². The smallest absolute Gasteiger partial charge is 0.127 e. The summed E-state index contributed by atoms with van der Waals surface area (Å²) in [6.07, 6.45) is 0.685. The fraction of sp³-hybridized carbons (Fsp3) is 0.462. The van der Waals surface area contributed by atoms with Gasteiger partial charge in [-0.05, 0) is 31.2 Å². The van der Waals surface area contributed by atoms with Crippen LogP contribution in [0.2, 0.25) is 0 Å². The van der Waals surface area contributed by atoms with Crippen molar-refractivity contribution in [2.45, 2.75) is 19.9 Å². The van der Waals surface area contributed by atoms with Crippen LogP contribution in [0.4, 0.5) is 4.39 Å². The number of rotatable bonds is 7. The summed E-state index contributed by atoms with van der Waals surface area (Å²) in [5, 5.41) is 8.81. The standard InChI is InChI=1S/C13H19FN2OS/c1-2-16(6-3-7-17)9-11-8-10(13(15)18)4-5-12(11)14/h4-5,8,17H,2-3,6-7,9H2,1H3,(H2,15,18). The minimum Gasteiger partial charge on any atom is -0.396 e. The lowest BCUT2D eigenvalue weighted by molar-refractivity contribution is 0.224. The van der Waals surface area contributed by atoms with Crippen molar-refractivity contribution in [2.75, 3.05) is 19.7 Å². The van der Waals surface area contributed by atoms with Crippen LogP contribution in [0.5, 0.6) is 0 Å². The normalized spacial score (nSPS) is 10.9. The molecule has 0 fully saturated rings. The molecule has 100 valence electrons. The van der Waals surface area contributed by atoms with Crippen LogP contribution in [0, 0.1) is 5.82 Å². The molecule has 0 heterocycles. The summed E-state index contributed by atoms with van der Waals surface area (Å²) in [6.45, 7) is 4.19. The van der Waals surface area contributed by atoms with Gasteiger partial charge in [-0.3, -0.25) is 4.90 Å². The van der Waals surface area contributed by atoms with Crippen LogP contribution in [0.25, 0.3) is 0 Å². The largest absolute Gasteiger partial charge is 0.396 e. The van der Waals surface area contributed by atoms with Crippen molar-refractivity contribution in [2.24, 2.45) is 5.73 Å². The molecule has 0 radical (unpaired) electrons. The molecule has 0 aromatic heterocycles. The molecule has 18 heavy (non-hydrogen) atoms. The molecule has 1 aromatic rings. The second-order valence-corrected chi connectivity index (χ2v) is 4.56. The van der Waals surface area contributed by atoms with Crippen molar-refractivity contribution >= 4 is 17.2 Å². The predicted octanol–water partition coefficient (Wildman–Crippen LogP) is 1.66. The lowest BCUT2D eigenvalue weighted by atomic mass is 10.1. The number of thiocarbonyl (C=S) groups is 1. The highest BCUT2D eigenvalue weighted by molar-refractivity contribution is 7.80. The fourth-order valence-corrected chi connectivity index (χ4v) is 1.86. The average Bonchev–Trinajstić information content (AvgIpc) is 2.36. The molecule has 1 rings (SSSR count). The zero-order chi connectivity index (χ0) is 13.5. The first kappa shape index (κ1) is 15.0. The topological polar surface area (TPSA) is 49.5 Å². The molecule has 0 saturated carbocycles. The second kappa shape index (κ2) is 7.41. The maximum Gasteiger partial charge on any atom is 0.127 e. The zero-order valence-corrected chi connectivity index (χ0v) is 11.3. The highest BCUT2D eigenvalue weighted by Crippen LogP contribution is 2.13. The minimum atomic E-state index is -0.252. The summed E-state index contributed by atoms with van der Waals surface area (Å²) in [7, 11) is 0. The van der Waals surface area contributed by atoms with E-state index in [2.05, 4.69) is 4.90 Å². The van der Waals surface area contributed by atoms with E-state index in [9.17, 15) is 4.39 Å². The summed E-state index contributed by atoms with van der Waals surface area (Å²) < 4.78 is 13.7. The van der Waals surface area contributed by atoms with Crippen molar-refractivity contribution in [3.05, 3.63) is 35.1 Å². The lowest BCUT2D eigenvalue weighted by Crippen LogP contribution is -2.25. The summed E-state index contributed by atoms with van der Waals surface area (Å²) in [5.41, 5.74) is 6.80. The van der Waals surface area contributed by atoms with E-state index in [1.165, 1.54) is 6.07 Å². The Balaban J connectivity index is 2.80. The Labute approximate surface area is 112 Å². The molecule has 0 spiro atoms. The van der Waals surface area contributed by atoms with E-state index in [0.29, 0.717) is 24.1 Å². The monoisotopic (exact) mass is 270 g/mol. The van der Waals surface area contributed by atoms with Gasteiger partial charge >= 0.3 is 0 Å². The van der Waals surface area contributed by atoms with Gasteiger partial charge in [0.05, 0.1) is 0 Å². The Morgan fingerprint density at radius 2 is 2.22 bits per heavy atom. The van der Waals surface area contributed by atoms with Crippen LogP contribution in [-0.4, -0.2) is 34.7 Å². The van der Waals surface area contributed by atoms with Gasteiger partial charge in [-0.25, -0.2) is 4.39 Å². The quantitative estimate of drug-likeness (QED) is 0.740. The van der Waals surface area contributed by atoms with Gasteiger partial charge in [0, 0.05) is 30.8 Å². The van der Waals surface area contributed by atoms with Gasteiger partial charge in [0.1, 0.15) is 10.8 Å². The molecule has 3 N–H and O–H groups in total. The number of hydrogen-bond acceptors (Lipinski definition) is 3. The lowest BCUT2D eigenvalue weighted by Gasteiger charge is -2.20. The molecule has 0 amide bonds. The van der Waals surface area contributed by atoms with E-state index in [4.69, 9.17) is 23.1 Å². The van der Waals surface area contributed by atoms with Gasteiger partial charge < -0.3 is 10.8 Å². The van der Waals surface area contributed by atoms with E-state index >= 15 is 0 Å². The predicted molar refractivity (Wildman–Crippen MR) is 74.9 cm³/mol. The molecule has 0 atom stereocenters. The van der Waals surface area contributed by atoms with E-state index < -0.39 is 0 Å². The Kier molecular flexibility index (Phi) is 6.18. The molecule has 3 nitrogen and oxygen atoms in total. The highest BCUT2D eigenvalue weighted by atomic mass is 32.1. The van der Waals surface area contributed by atoms with Crippen molar-refractivity contribution in [1.29, 1.82) is 0 Å². The fourth-order valence-electron chi connectivity index (χ4n) is 1.73. The number of hydrogen-bond donors (Lipinski definition) is 2. The number of benzene rings is 1. The third-order valence-electron chi connectivity index (χ3n) is 2.80.